The number of nitrogen functional groups attached to an aromatic ring is 1. The third kappa shape index (κ3) is 5.02. The van der Waals surface area contributed by atoms with Gasteiger partial charge in [0.15, 0.2) is 6.61 Å². The Morgan fingerprint density at radius 1 is 1.09 bits per heavy atom. The van der Waals surface area contributed by atoms with E-state index in [1.807, 2.05) is 45.0 Å². The molecule has 0 bridgehead atoms. The van der Waals surface area contributed by atoms with Gasteiger partial charge in [-0.15, -0.1) is 0 Å². The number of nitrogens with one attached hydrogen (secondary N) is 1. The van der Waals surface area contributed by atoms with Crippen molar-refractivity contribution >= 4 is 11.6 Å². The fourth-order valence-electron chi connectivity index (χ4n) is 2.61. The van der Waals surface area contributed by atoms with Crippen LogP contribution in [-0.4, -0.2) is 19.1 Å². The molecule has 3 N–H and O–H groups in total. The van der Waals surface area contributed by atoms with E-state index in [0.717, 1.165) is 34.5 Å². The number of aryl methyl sites for hydroxylation is 3. The Morgan fingerprint density at radius 2 is 1.70 bits per heavy atom. The van der Waals surface area contributed by atoms with Gasteiger partial charge in [-0.1, -0.05) is 29.8 Å². The van der Waals surface area contributed by atoms with Crippen molar-refractivity contribution in [3.63, 3.8) is 0 Å². The average Bonchev–Trinajstić information content (AvgIpc) is 2.48. The second-order valence-electron chi connectivity index (χ2n) is 5.86. The maximum absolute atomic E-state index is 11.9. The number of hydrogen-bond acceptors (Lipinski definition) is 3. The van der Waals surface area contributed by atoms with Gasteiger partial charge in [0.2, 0.25) is 0 Å². The third-order valence-electron chi connectivity index (χ3n) is 3.67. The number of nitrogens with two attached hydrogens (primary N) is 1. The van der Waals surface area contributed by atoms with E-state index >= 15 is 0 Å². The molecule has 0 fully saturated rings. The van der Waals surface area contributed by atoms with Crippen molar-refractivity contribution < 1.29 is 9.53 Å². The SMILES string of the molecule is Cc1cc(C)c(OCC(=O)NCCc2ccc(N)cc2)c(C)c1. The van der Waals surface area contributed by atoms with Gasteiger partial charge in [0, 0.05) is 12.2 Å². The van der Waals surface area contributed by atoms with Gasteiger partial charge in [-0.2, -0.15) is 0 Å². The van der Waals surface area contributed by atoms with Gasteiger partial charge < -0.3 is 15.8 Å². The molecule has 1 amide bonds. The van der Waals surface area contributed by atoms with Gasteiger partial charge in [-0.25, -0.2) is 0 Å². The zero-order valence-corrected chi connectivity index (χ0v) is 14.0. The van der Waals surface area contributed by atoms with Crippen LogP contribution in [0.2, 0.25) is 0 Å². The molecule has 0 aliphatic rings. The zero-order valence-electron chi connectivity index (χ0n) is 14.0. The summed E-state index contributed by atoms with van der Waals surface area (Å²) in [5.41, 5.74) is 10.8. The molecule has 0 heterocycles. The van der Waals surface area contributed by atoms with E-state index in [1.54, 1.807) is 0 Å². The highest BCUT2D eigenvalue weighted by Gasteiger charge is 2.08. The Hall–Kier alpha value is -2.49. The fourth-order valence-corrected chi connectivity index (χ4v) is 2.61. The highest BCUT2D eigenvalue weighted by atomic mass is 16.5. The van der Waals surface area contributed by atoms with Crippen molar-refractivity contribution in [1.29, 1.82) is 0 Å². The van der Waals surface area contributed by atoms with Crippen LogP contribution >= 0.6 is 0 Å². The van der Waals surface area contributed by atoms with Crippen LogP contribution in [0.25, 0.3) is 0 Å². The molecule has 4 heteroatoms. The van der Waals surface area contributed by atoms with Crippen LogP contribution in [0.15, 0.2) is 36.4 Å². The Morgan fingerprint density at radius 3 is 2.30 bits per heavy atom. The number of hydrogen-bond donors (Lipinski definition) is 2. The summed E-state index contributed by atoms with van der Waals surface area (Å²) in [5, 5.41) is 2.87. The van der Waals surface area contributed by atoms with Gasteiger partial charge in [-0.3, -0.25) is 4.79 Å². The van der Waals surface area contributed by atoms with E-state index in [-0.39, 0.29) is 12.5 Å². The molecular weight excluding hydrogens is 288 g/mol. The van der Waals surface area contributed by atoms with Crippen molar-refractivity contribution in [3.05, 3.63) is 58.7 Å². The number of ether oxygens (including phenoxy) is 1. The number of amides is 1. The predicted octanol–water partition coefficient (Wildman–Crippen LogP) is 2.93. The molecule has 23 heavy (non-hydrogen) atoms. The van der Waals surface area contributed by atoms with Crippen molar-refractivity contribution in [2.75, 3.05) is 18.9 Å². The van der Waals surface area contributed by atoms with Crippen molar-refractivity contribution in [2.45, 2.75) is 27.2 Å². The van der Waals surface area contributed by atoms with Gasteiger partial charge >= 0.3 is 0 Å². The number of carbonyl (C=O) groups excluding carboxylic acids is 1. The number of benzene rings is 2. The van der Waals surface area contributed by atoms with Crippen molar-refractivity contribution in [3.8, 4) is 5.75 Å². The summed E-state index contributed by atoms with van der Waals surface area (Å²) in [6.07, 6.45) is 0.772. The minimum atomic E-state index is -0.111. The molecule has 2 rings (SSSR count). The first-order chi connectivity index (χ1) is 11.0. The maximum Gasteiger partial charge on any atom is 0.257 e. The second-order valence-corrected chi connectivity index (χ2v) is 5.86. The molecule has 4 nitrogen and oxygen atoms in total. The highest BCUT2D eigenvalue weighted by Crippen LogP contribution is 2.24. The van der Waals surface area contributed by atoms with Gasteiger partial charge in [-0.05, 0) is 56.0 Å². The zero-order chi connectivity index (χ0) is 16.8. The first-order valence-corrected chi connectivity index (χ1v) is 7.77. The second kappa shape index (κ2) is 7.68. The summed E-state index contributed by atoms with van der Waals surface area (Å²) in [6, 6.07) is 11.8. The van der Waals surface area contributed by atoms with Crippen LogP contribution in [0, 0.1) is 20.8 Å². The molecule has 0 spiro atoms. The largest absolute Gasteiger partial charge is 0.483 e. The van der Waals surface area contributed by atoms with Gasteiger partial charge in [0.05, 0.1) is 0 Å². The third-order valence-corrected chi connectivity index (χ3v) is 3.67. The van der Waals surface area contributed by atoms with E-state index in [0.29, 0.717) is 6.54 Å². The summed E-state index contributed by atoms with van der Waals surface area (Å²) >= 11 is 0. The molecule has 2 aromatic carbocycles. The molecule has 0 unspecified atom stereocenters. The van der Waals surface area contributed by atoms with Crippen LogP contribution in [0.5, 0.6) is 5.75 Å². The van der Waals surface area contributed by atoms with E-state index in [2.05, 4.69) is 17.4 Å². The van der Waals surface area contributed by atoms with Crippen LogP contribution in [0.3, 0.4) is 0 Å². The minimum absolute atomic E-state index is 0.0342. The molecule has 0 radical (unpaired) electrons. The molecular formula is C19H24N2O2. The maximum atomic E-state index is 11.9. The molecule has 122 valence electrons. The van der Waals surface area contributed by atoms with Crippen LogP contribution < -0.4 is 15.8 Å². The minimum Gasteiger partial charge on any atom is -0.483 e. The number of rotatable bonds is 6. The smallest absolute Gasteiger partial charge is 0.257 e. The van der Waals surface area contributed by atoms with Gasteiger partial charge in [0.1, 0.15) is 5.75 Å². The van der Waals surface area contributed by atoms with Crippen LogP contribution in [0.4, 0.5) is 5.69 Å². The Balaban J connectivity index is 1.78. The molecule has 0 aliphatic heterocycles. The molecule has 0 atom stereocenters. The van der Waals surface area contributed by atoms with Crippen LogP contribution in [0.1, 0.15) is 22.3 Å². The first-order valence-electron chi connectivity index (χ1n) is 7.77. The Kier molecular flexibility index (Phi) is 5.63. The predicted molar refractivity (Wildman–Crippen MR) is 93.7 cm³/mol. The molecule has 0 aliphatic carbocycles. The first kappa shape index (κ1) is 16.9. The lowest BCUT2D eigenvalue weighted by atomic mass is 10.1. The highest BCUT2D eigenvalue weighted by molar-refractivity contribution is 5.77. The van der Waals surface area contributed by atoms with Crippen molar-refractivity contribution in [2.24, 2.45) is 0 Å². The summed E-state index contributed by atoms with van der Waals surface area (Å²) < 4.78 is 5.67. The molecule has 2 aromatic rings. The molecule has 0 saturated heterocycles. The quantitative estimate of drug-likeness (QED) is 0.806. The molecule has 0 saturated carbocycles. The van der Waals surface area contributed by atoms with E-state index in [9.17, 15) is 4.79 Å². The normalized spacial score (nSPS) is 10.4. The van der Waals surface area contributed by atoms with Gasteiger partial charge in [0.25, 0.3) is 5.91 Å². The Bertz CT molecular complexity index is 655. The van der Waals surface area contributed by atoms with E-state index in [1.165, 1.54) is 5.56 Å². The molecule has 0 aromatic heterocycles. The summed E-state index contributed by atoms with van der Waals surface area (Å²) in [5.74, 6) is 0.684. The summed E-state index contributed by atoms with van der Waals surface area (Å²) in [4.78, 5) is 11.9. The monoisotopic (exact) mass is 312 g/mol. The van der Waals surface area contributed by atoms with Crippen molar-refractivity contribution in [1.82, 2.24) is 5.32 Å². The lowest BCUT2D eigenvalue weighted by Crippen LogP contribution is -2.30. The number of anilines is 1. The lowest BCUT2D eigenvalue weighted by Gasteiger charge is -2.13. The van der Waals surface area contributed by atoms with E-state index < -0.39 is 0 Å². The fraction of sp³-hybridized carbons (Fsp3) is 0.316. The Labute approximate surface area is 137 Å². The summed E-state index contributed by atoms with van der Waals surface area (Å²) in [6.45, 7) is 6.65. The van der Waals surface area contributed by atoms with Crippen LogP contribution in [-0.2, 0) is 11.2 Å². The average molecular weight is 312 g/mol. The summed E-state index contributed by atoms with van der Waals surface area (Å²) in [7, 11) is 0. The lowest BCUT2D eigenvalue weighted by molar-refractivity contribution is -0.123. The van der Waals surface area contributed by atoms with E-state index in [4.69, 9.17) is 10.5 Å². The standard InChI is InChI=1S/C19H24N2O2/c1-13-10-14(2)19(15(3)11-13)23-12-18(22)21-9-8-16-4-6-17(20)7-5-16/h4-7,10-11H,8-9,12,20H2,1-3H3,(H,21,22). The number of carbonyl (C=O) groups is 1. The topological polar surface area (TPSA) is 64.3 Å².